The Hall–Kier alpha value is -5.37. The molecule has 8 rings (SSSR count). The molecule has 5 aromatic rings. The van der Waals surface area contributed by atoms with Crippen molar-refractivity contribution in [1.29, 1.82) is 5.41 Å². The van der Waals surface area contributed by atoms with Crippen LogP contribution in [0.15, 0.2) is 89.6 Å². The number of H-pyrrole nitrogens is 1. The van der Waals surface area contributed by atoms with Crippen molar-refractivity contribution in [2.45, 2.75) is 43.4 Å². The number of pyridine rings is 1. The number of piperazine rings is 1. The number of nitrogens with one attached hydrogen (secondary N) is 3. The van der Waals surface area contributed by atoms with Crippen LogP contribution in [0.2, 0.25) is 5.02 Å². The molecule has 14 heteroatoms. The van der Waals surface area contributed by atoms with Crippen LogP contribution in [-0.4, -0.2) is 64.6 Å². The molecule has 1 spiro atoms. The van der Waals surface area contributed by atoms with Crippen LogP contribution in [0.4, 0.5) is 17.1 Å². The number of nitrogen functional groups attached to an aromatic ring is 1. The van der Waals surface area contributed by atoms with Gasteiger partial charge < -0.3 is 25.8 Å². The number of nitro groups is 1. The Balaban J connectivity index is 0.999. The lowest BCUT2D eigenvalue weighted by Gasteiger charge is -2.47. The highest BCUT2D eigenvalue weighted by Crippen LogP contribution is 2.55. The highest BCUT2D eigenvalue weighted by atomic mass is 35.5. The zero-order chi connectivity index (χ0) is 38.1. The van der Waals surface area contributed by atoms with Gasteiger partial charge in [0.2, 0.25) is 0 Å². The molecule has 0 bridgehead atoms. The second-order valence-electron chi connectivity index (χ2n) is 14.6. The van der Waals surface area contributed by atoms with Gasteiger partial charge in [-0.05, 0) is 103 Å². The molecule has 2 aromatic heterocycles. The number of allylic oxidation sites excluding steroid dienone is 1. The summed E-state index contributed by atoms with van der Waals surface area (Å²) in [6.45, 7) is 4.39. The number of anilines is 2. The van der Waals surface area contributed by atoms with Crippen LogP contribution in [0.25, 0.3) is 16.6 Å². The second kappa shape index (κ2) is 15.4. The summed E-state index contributed by atoms with van der Waals surface area (Å²) in [5.41, 5.74) is 12.6. The third-order valence-corrected chi connectivity index (χ3v) is 12.3. The van der Waals surface area contributed by atoms with Crippen molar-refractivity contribution >= 4 is 69.3 Å². The number of ether oxygens (including phenoxy) is 1. The van der Waals surface area contributed by atoms with Crippen molar-refractivity contribution in [3.63, 3.8) is 0 Å². The first-order valence-electron chi connectivity index (χ1n) is 18.4. The average Bonchev–Trinajstić information content (AvgIpc) is 3.65. The first-order valence-corrected chi connectivity index (χ1v) is 19.6. The third-order valence-electron chi connectivity index (χ3n) is 11.3. The Morgan fingerprint density at radius 1 is 1.09 bits per heavy atom. The van der Waals surface area contributed by atoms with Crippen LogP contribution in [0.3, 0.4) is 0 Å². The summed E-state index contributed by atoms with van der Waals surface area (Å²) in [4.78, 5) is 37.5. The van der Waals surface area contributed by atoms with E-state index in [4.69, 9.17) is 27.5 Å². The van der Waals surface area contributed by atoms with Crippen molar-refractivity contribution in [2.75, 3.05) is 43.4 Å². The van der Waals surface area contributed by atoms with Gasteiger partial charge in [-0.3, -0.25) is 24.5 Å². The monoisotopic (exact) mass is 776 g/mol. The van der Waals surface area contributed by atoms with Crippen LogP contribution < -0.4 is 20.1 Å². The van der Waals surface area contributed by atoms with Crippen LogP contribution >= 0.6 is 23.5 Å². The number of amides is 1. The molecule has 12 nitrogen and oxygen atoms in total. The zero-order valence-corrected chi connectivity index (χ0v) is 31.7. The molecular formula is C41H41ClN8O4S. The van der Waals surface area contributed by atoms with Crippen LogP contribution in [0.5, 0.6) is 11.5 Å². The maximum absolute atomic E-state index is 13.7. The van der Waals surface area contributed by atoms with Crippen LogP contribution in [0, 0.1) is 20.9 Å². The normalized spacial score (nSPS) is 16.9. The van der Waals surface area contributed by atoms with E-state index in [0.717, 1.165) is 85.5 Å². The molecule has 2 fully saturated rings. The van der Waals surface area contributed by atoms with Gasteiger partial charge in [0.25, 0.3) is 11.6 Å². The predicted molar refractivity (Wildman–Crippen MR) is 218 cm³/mol. The number of aromatic nitrogens is 2. The lowest BCUT2D eigenvalue weighted by atomic mass is 9.59. The number of rotatable bonds is 11. The topological polar surface area (TPSA) is 166 Å². The number of nitro benzene ring substituents is 1. The smallest absolute Gasteiger partial charge is 0.281 e. The lowest BCUT2D eigenvalue weighted by molar-refractivity contribution is -0.385. The van der Waals surface area contributed by atoms with Crippen LogP contribution in [-0.2, 0) is 0 Å². The van der Waals surface area contributed by atoms with E-state index in [0.29, 0.717) is 21.8 Å². The standard InChI is InChI=1S/C41H41ClN8O4S/c42-29-4-2-26(3-5-29)34-22-41(10-1-11-41)12-8-28(34)25-48-14-16-49(17-15-48)30-6-7-33(38(19-30)54-31-18-27-9-13-45-39(27)46-24-31)40(51)47-55-32-20-36(44)35(23-43)37(21-32)50(52)53/h2-7,9,13,18-21,23-24,43H,1,8,10-12,14-17,22,25,44H2,(H,45,46)(H,47,51). The summed E-state index contributed by atoms with van der Waals surface area (Å²) in [6.07, 6.45) is 11.8. The molecule has 3 aliphatic rings. The van der Waals surface area contributed by atoms with E-state index in [9.17, 15) is 14.9 Å². The number of fused-ring (bicyclic) bond motifs is 1. The van der Waals surface area contributed by atoms with Gasteiger partial charge in [0, 0.05) is 83.9 Å². The Labute approximate surface area is 327 Å². The number of nitrogens with zero attached hydrogens (tertiary/aromatic N) is 4. The highest BCUT2D eigenvalue weighted by molar-refractivity contribution is 7.98. The summed E-state index contributed by atoms with van der Waals surface area (Å²) >= 11 is 7.17. The SMILES string of the molecule is N=Cc1c(N)cc(SNC(=O)c2ccc(N3CCN(CC4=C(c5ccc(Cl)cc5)CC5(CCC5)CC4)CC3)cc2Oc2cnc3[nH]ccc3c2)cc1[N+](=O)[O-]. The van der Waals surface area contributed by atoms with Gasteiger partial charge >= 0.3 is 0 Å². The average molecular weight is 777 g/mol. The van der Waals surface area contributed by atoms with E-state index in [1.54, 1.807) is 24.0 Å². The fourth-order valence-corrected chi connectivity index (χ4v) is 8.87. The summed E-state index contributed by atoms with van der Waals surface area (Å²) < 4.78 is 9.16. The number of carbonyl (C=O) groups is 1. The summed E-state index contributed by atoms with van der Waals surface area (Å²) in [7, 11) is 0. The van der Waals surface area contributed by atoms with E-state index < -0.39 is 10.8 Å². The number of nitrogens with two attached hydrogens (primary N) is 1. The molecule has 5 N–H and O–H groups in total. The fourth-order valence-electron chi connectivity index (χ4n) is 8.07. The van der Waals surface area contributed by atoms with Gasteiger partial charge in [0.1, 0.15) is 17.1 Å². The minimum atomic E-state index is -0.599. The molecule has 282 valence electrons. The summed E-state index contributed by atoms with van der Waals surface area (Å²) in [5, 5.41) is 20.8. The Bertz CT molecular complexity index is 2320. The van der Waals surface area contributed by atoms with Gasteiger partial charge in [-0.1, -0.05) is 35.7 Å². The Kier molecular flexibility index (Phi) is 10.2. The molecule has 0 atom stereocenters. The summed E-state index contributed by atoms with van der Waals surface area (Å²) in [5.74, 6) is 0.372. The number of hydrogen-bond acceptors (Lipinski definition) is 10. The van der Waals surface area contributed by atoms with Gasteiger partial charge in [0.05, 0.1) is 22.2 Å². The first kappa shape index (κ1) is 36.6. The zero-order valence-electron chi connectivity index (χ0n) is 30.1. The van der Waals surface area contributed by atoms with E-state index in [1.807, 2.05) is 36.4 Å². The van der Waals surface area contributed by atoms with E-state index in [1.165, 1.54) is 49.0 Å². The minimum Gasteiger partial charge on any atom is -0.455 e. The Morgan fingerprint density at radius 3 is 2.62 bits per heavy atom. The molecule has 3 heterocycles. The highest BCUT2D eigenvalue weighted by Gasteiger charge is 2.41. The quantitative estimate of drug-likeness (QED) is 0.0337. The van der Waals surface area contributed by atoms with E-state index >= 15 is 0 Å². The summed E-state index contributed by atoms with van der Waals surface area (Å²) in [6, 6.07) is 20.5. The molecule has 2 aliphatic carbocycles. The van der Waals surface area contributed by atoms with Gasteiger partial charge in [-0.2, -0.15) is 0 Å². The van der Waals surface area contributed by atoms with Crippen molar-refractivity contribution in [3.8, 4) is 11.5 Å². The van der Waals surface area contributed by atoms with Gasteiger partial charge in [-0.15, -0.1) is 0 Å². The number of aromatic amines is 1. The number of hydrogen-bond donors (Lipinski definition) is 4. The molecule has 55 heavy (non-hydrogen) atoms. The number of halogens is 1. The van der Waals surface area contributed by atoms with E-state index in [2.05, 4.69) is 36.6 Å². The third kappa shape index (κ3) is 7.77. The molecule has 0 radical (unpaired) electrons. The van der Waals surface area contributed by atoms with Crippen molar-refractivity contribution < 1.29 is 14.5 Å². The molecule has 3 aromatic carbocycles. The number of carbonyl (C=O) groups excluding carboxylic acids is 1. The molecule has 1 amide bonds. The van der Waals surface area contributed by atoms with Gasteiger partial charge in [-0.25, -0.2) is 4.98 Å². The van der Waals surface area contributed by atoms with Crippen molar-refractivity contribution in [3.05, 3.63) is 117 Å². The van der Waals surface area contributed by atoms with Gasteiger partial charge in [0.15, 0.2) is 0 Å². The minimum absolute atomic E-state index is 0.0106. The maximum Gasteiger partial charge on any atom is 0.281 e. The Morgan fingerprint density at radius 2 is 1.89 bits per heavy atom. The number of benzene rings is 3. The van der Waals surface area contributed by atoms with Crippen molar-refractivity contribution in [1.82, 2.24) is 19.6 Å². The fraction of sp³-hybridized carbons (Fsp3) is 0.293. The molecule has 1 aliphatic heterocycles. The molecule has 1 saturated heterocycles. The predicted octanol–water partition coefficient (Wildman–Crippen LogP) is 8.86. The van der Waals surface area contributed by atoms with Crippen LogP contribution in [0.1, 0.15) is 60.0 Å². The van der Waals surface area contributed by atoms with Crippen molar-refractivity contribution in [2.24, 2.45) is 5.41 Å². The molecule has 1 saturated carbocycles. The maximum atomic E-state index is 13.7. The first-order chi connectivity index (χ1) is 26.7. The largest absolute Gasteiger partial charge is 0.455 e. The lowest BCUT2D eigenvalue weighted by Crippen LogP contribution is -2.47. The molecular weight excluding hydrogens is 736 g/mol. The molecule has 0 unspecified atom stereocenters. The van der Waals surface area contributed by atoms with E-state index in [-0.39, 0.29) is 22.5 Å². The second-order valence-corrected chi connectivity index (χ2v) is 15.9.